The van der Waals surface area contributed by atoms with Crippen LogP contribution in [0.1, 0.15) is 35.5 Å². The molecule has 0 atom stereocenters. The number of nitrogens with one attached hydrogen (secondary N) is 1. The van der Waals surface area contributed by atoms with Crippen LogP contribution in [-0.4, -0.2) is 10.8 Å². The molecule has 0 fully saturated rings. The molecule has 0 aliphatic rings. The van der Waals surface area contributed by atoms with Gasteiger partial charge in [-0.15, -0.1) is 0 Å². The summed E-state index contributed by atoms with van der Waals surface area (Å²) in [5.41, 5.74) is 2.59. The molecular weight excluding hydrogens is 210 g/mol. The number of hydrogen-bond acceptors (Lipinski definition) is 1. The van der Waals surface area contributed by atoms with Gasteiger partial charge in [-0.2, -0.15) is 0 Å². The van der Waals surface area contributed by atoms with Crippen molar-refractivity contribution in [2.24, 2.45) is 5.92 Å². The van der Waals surface area contributed by atoms with Crippen LogP contribution in [0.25, 0.3) is 0 Å². The molecule has 2 heteroatoms. The fraction of sp³-hybridized carbons (Fsp3) is 0.267. The molecule has 1 aromatic heterocycles. The van der Waals surface area contributed by atoms with Gasteiger partial charge < -0.3 is 4.98 Å². The molecule has 0 spiro atoms. The van der Waals surface area contributed by atoms with Crippen molar-refractivity contribution in [1.29, 1.82) is 0 Å². The second kappa shape index (κ2) is 5.00. The van der Waals surface area contributed by atoms with E-state index < -0.39 is 0 Å². The summed E-state index contributed by atoms with van der Waals surface area (Å²) in [6.45, 7) is 4.34. The molecule has 1 aromatic carbocycles. The largest absolute Gasteiger partial charge is 0.358 e. The van der Waals surface area contributed by atoms with E-state index in [2.05, 4.69) is 18.8 Å². The maximum Gasteiger partial charge on any atom is 0.209 e. The molecule has 0 amide bonds. The minimum atomic E-state index is 0.0561. The first-order valence-electron chi connectivity index (χ1n) is 5.94. The normalized spacial score (nSPS) is 10.8. The van der Waals surface area contributed by atoms with E-state index in [0.717, 1.165) is 12.0 Å². The van der Waals surface area contributed by atoms with Gasteiger partial charge in [-0.05, 0) is 24.0 Å². The molecule has 0 bridgehead atoms. The van der Waals surface area contributed by atoms with Crippen molar-refractivity contribution < 1.29 is 4.79 Å². The predicted octanol–water partition coefficient (Wildman–Crippen LogP) is 3.44. The molecule has 2 aromatic rings. The Hall–Kier alpha value is -1.83. The van der Waals surface area contributed by atoms with E-state index in [0.29, 0.717) is 11.6 Å². The highest BCUT2D eigenvalue weighted by atomic mass is 16.1. The van der Waals surface area contributed by atoms with E-state index in [9.17, 15) is 4.79 Å². The maximum atomic E-state index is 12.1. The number of ketones is 1. The van der Waals surface area contributed by atoms with Gasteiger partial charge >= 0.3 is 0 Å². The third-order valence-corrected chi connectivity index (χ3v) is 2.67. The summed E-state index contributed by atoms with van der Waals surface area (Å²) < 4.78 is 0. The first kappa shape index (κ1) is 11.6. The SMILES string of the molecule is CC(C)Cc1c[nH]c(C(=O)c2ccccc2)c1. The smallest absolute Gasteiger partial charge is 0.209 e. The van der Waals surface area contributed by atoms with Gasteiger partial charge in [0.05, 0.1) is 5.69 Å². The maximum absolute atomic E-state index is 12.1. The summed E-state index contributed by atoms with van der Waals surface area (Å²) in [5, 5.41) is 0. The monoisotopic (exact) mass is 227 g/mol. The van der Waals surface area contributed by atoms with Crippen molar-refractivity contribution >= 4 is 5.78 Å². The standard InChI is InChI=1S/C15H17NO/c1-11(2)8-12-9-14(16-10-12)15(17)13-6-4-3-5-7-13/h3-7,9-11,16H,8H2,1-2H3. The van der Waals surface area contributed by atoms with E-state index >= 15 is 0 Å². The third-order valence-electron chi connectivity index (χ3n) is 2.67. The van der Waals surface area contributed by atoms with Gasteiger partial charge in [0.2, 0.25) is 5.78 Å². The Morgan fingerprint density at radius 1 is 1.24 bits per heavy atom. The number of carbonyl (C=O) groups excluding carboxylic acids is 1. The number of hydrogen-bond donors (Lipinski definition) is 1. The van der Waals surface area contributed by atoms with Crippen LogP contribution in [0.5, 0.6) is 0 Å². The molecule has 2 nitrogen and oxygen atoms in total. The molecule has 0 aliphatic carbocycles. The highest BCUT2D eigenvalue weighted by Crippen LogP contribution is 2.13. The topological polar surface area (TPSA) is 32.9 Å². The molecule has 1 N–H and O–H groups in total. The number of H-pyrrole nitrogens is 1. The van der Waals surface area contributed by atoms with Crippen molar-refractivity contribution in [3.63, 3.8) is 0 Å². The summed E-state index contributed by atoms with van der Waals surface area (Å²) in [6, 6.07) is 11.3. The van der Waals surface area contributed by atoms with E-state index in [1.165, 1.54) is 5.56 Å². The van der Waals surface area contributed by atoms with Gasteiger partial charge in [-0.25, -0.2) is 0 Å². The number of benzene rings is 1. The Morgan fingerprint density at radius 2 is 1.94 bits per heavy atom. The summed E-state index contributed by atoms with van der Waals surface area (Å²) in [4.78, 5) is 15.2. The van der Waals surface area contributed by atoms with E-state index in [1.807, 2.05) is 42.6 Å². The Bertz CT molecular complexity index is 497. The molecule has 0 aliphatic heterocycles. The van der Waals surface area contributed by atoms with Crippen molar-refractivity contribution in [1.82, 2.24) is 4.98 Å². The zero-order valence-electron chi connectivity index (χ0n) is 10.2. The van der Waals surface area contributed by atoms with Gasteiger partial charge in [0.1, 0.15) is 0 Å². The van der Waals surface area contributed by atoms with Crippen LogP contribution in [0.4, 0.5) is 0 Å². The summed E-state index contributed by atoms with van der Waals surface area (Å²) in [7, 11) is 0. The number of aromatic amines is 1. The summed E-state index contributed by atoms with van der Waals surface area (Å²) in [5.74, 6) is 0.658. The molecule has 0 saturated heterocycles. The van der Waals surface area contributed by atoms with Gasteiger partial charge in [0.25, 0.3) is 0 Å². The lowest BCUT2D eigenvalue weighted by atomic mass is 10.0. The van der Waals surface area contributed by atoms with E-state index in [1.54, 1.807) is 0 Å². The highest BCUT2D eigenvalue weighted by Gasteiger charge is 2.11. The molecule has 88 valence electrons. The second-order valence-corrected chi connectivity index (χ2v) is 4.71. The van der Waals surface area contributed by atoms with E-state index in [-0.39, 0.29) is 5.78 Å². The third kappa shape index (κ3) is 2.84. The Labute approximate surface area is 102 Å². The Kier molecular flexibility index (Phi) is 3.43. The second-order valence-electron chi connectivity index (χ2n) is 4.71. The van der Waals surface area contributed by atoms with Gasteiger partial charge in [-0.1, -0.05) is 44.2 Å². The van der Waals surface area contributed by atoms with Crippen LogP contribution < -0.4 is 0 Å². The van der Waals surface area contributed by atoms with Crippen LogP contribution in [0.2, 0.25) is 0 Å². The first-order chi connectivity index (χ1) is 8.16. The highest BCUT2D eigenvalue weighted by molar-refractivity contribution is 6.07. The lowest BCUT2D eigenvalue weighted by Crippen LogP contribution is -2.00. The number of aromatic nitrogens is 1. The summed E-state index contributed by atoms with van der Waals surface area (Å²) in [6.07, 6.45) is 2.93. The number of rotatable bonds is 4. The molecule has 17 heavy (non-hydrogen) atoms. The van der Waals surface area contributed by atoms with Crippen LogP contribution >= 0.6 is 0 Å². The van der Waals surface area contributed by atoms with E-state index in [4.69, 9.17) is 0 Å². The minimum Gasteiger partial charge on any atom is -0.358 e. The summed E-state index contributed by atoms with van der Waals surface area (Å²) >= 11 is 0. The molecular formula is C15H17NO. The fourth-order valence-electron chi connectivity index (χ4n) is 1.90. The zero-order chi connectivity index (χ0) is 12.3. The lowest BCUT2D eigenvalue weighted by molar-refractivity contribution is 0.103. The van der Waals surface area contributed by atoms with Gasteiger partial charge in [-0.3, -0.25) is 4.79 Å². The first-order valence-corrected chi connectivity index (χ1v) is 5.94. The molecule has 2 rings (SSSR count). The average molecular weight is 227 g/mol. The molecule has 1 heterocycles. The van der Waals surface area contributed by atoms with Crippen LogP contribution in [0.3, 0.4) is 0 Å². The van der Waals surface area contributed by atoms with Crippen molar-refractivity contribution in [3.05, 3.63) is 59.4 Å². The van der Waals surface area contributed by atoms with Crippen molar-refractivity contribution in [2.75, 3.05) is 0 Å². The molecule has 0 saturated carbocycles. The molecule has 0 radical (unpaired) electrons. The fourth-order valence-corrected chi connectivity index (χ4v) is 1.90. The van der Waals surface area contributed by atoms with Gasteiger partial charge in [0, 0.05) is 11.8 Å². The van der Waals surface area contributed by atoms with Crippen LogP contribution in [0.15, 0.2) is 42.6 Å². The number of carbonyl (C=O) groups is 1. The van der Waals surface area contributed by atoms with Crippen molar-refractivity contribution in [2.45, 2.75) is 20.3 Å². The van der Waals surface area contributed by atoms with Crippen LogP contribution in [0, 0.1) is 5.92 Å². The van der Waals surface area contributed by atoms with Gasteiger partial charge in [0.15, 0.2) is 0 Å². The molecule has 0 unspecified atom stereocenters. The minimum absolute atomic E-state index is 0.0561. The Morgan fingerprint density at radius 3 is 2.59 bits per heavy atom. The van der Waals surface area contributed by atoms with Crippen molar-refractivity contribution in [3.8, 4) is 0 Å². The lowest BCUT2D eigenvalue weighted by Gasteiger charge is -2.00. The quantitative estimate of drug-likeness (QED) is 0.797. The average Bonchev–Trinajstić information content (AvgIpc) is 2.77. The predicted molar refractivity (Wildman–Crippen MR) is 69.2 cm³/mol. The zero-order valence-corrected chi connectivity index (χ0v) is 10.2. The Balaban J connectivity index is 2.18. The van der Waals surface area contributed by atoms with Crippen LogP contribution in [-0.2, 0) is 6.42 Å².